The van der Waals surface area contributed by atoms with Crippen LogP contribution in [0.5, 0.6) is 0 Å². The van der Waals surface area contributed by atoms with E-state index < -0.39 is 0 Å². The van der Waals surface area contributed by atoms with E-state index in [1.165, 1.54) is 39.2 Å². The summed E-state index contributed by atoms with van der Waals surface area (Å²) in [6.07, 6.45) is 6.30. The number of ether oxygens (including phenoxy) is 1. The maximum absolute atomic E-state index is 12.6. The lowest BCUT2D eigenvalue weighted by Crippen LogP contribution is -2.73. The van der Waals surface area contributed by atoms with Gasteiger partial charge in [0.25, 0.3) is 0 Å². The van der Waals surface area contributed by atoms with Crippen molar-refractivity contribution in [3.05, 3.63) is 35.4 Å². The Balaban J connectivity index is 1.47. The number of aliphatic hydroxyl groups excluding tert-OH is 1. The van der Waals surface area contributed by atoms with Gasteiger partial charge in [0.05, 0.1) is 25.2 Å². The van der Waals surface area contributed by atoms with E-state index >= 15 is 0 Å². The first kappa shape index (κ1) is 20.9. The zero-order chi connectivity index (χ0) is 21.1. The SMILES string of the molecule is COCC(=O)N1CC(=O)N2[C@H](C1)[C@@H](c1ccc(C#CC3CCCCC3)cc1)[C@@H]2CO. The van der Waals surface area contributed by atoms with Crippen molar-refractivity contribution in [1.82, 2.24) is 9.80 Å². The van der Waals surface area contributed by atoms with Gasteiger partial charge < -0.3 is 19.6 Å². The number of carbonyl (C=O) groups excluding carboxylic acids is 2. The zero-order valence-electron chi connectivity index (χ0n) is 17.5. The smallest absolute Gasteiger partial charge is 0.249 e. The zero-order valence-corrected chi connectivity index (χ0v) is 17.5. The van der Waals surface area contributed by atoms with E-state index in [0.717, 1.165) is 11.1 Å². The first-order chi connectivity index (χ1) is 14.6. The molecule has 0 radical (unpaired) electrons. The van der Waals surface area contributed by atoms with E-state index in [2.05, 4.69) is 24.0 Å². The second-order valence-corrected chi connectivity index (χ2v) is 8.58. The Morgan fingerprint density at radius 3 is 2.60 bits per heavy atom. The third kappa shape index (κ3) is 4.10. The molecule has 6 heteroatoms. The second kappa shape index (κ2) is 9.20. The lowest BCUT2D eigenvalue weighted by molar-refractivity contribution is -0.168. The molecule has 1 aromatic rings. The predicted octanol–water partition coefficient (Wildman–Crippen LogP) is 1.76. The average Bonchev–Trinajstić information content (AvgIpc) is 2.75. The second-order valence-electron chi connectivity index (χ2n) is 8.58. The Bertz CT molecular complexity index is 835. The van der Waals surface area contributed by atoms with Crippen LogP contribution in [-0.2, 0) is 14.3 Å². The van der Waals surface area contributed by atoms with Crippen LogP contribution in [0.15, 0.2) is 24.3 Å². The number of carbonyl (C=O) groups is 2. The Labute approximate surface area is 178 Å². The third-order valence-electron chi connectivity index (χ3n) is 6.69. The first-order valence-corrected chi connectivity index (χ1v) is 10.9. The van der Waals surface area contributed by atoms with Crippen LogP contribution < -0.4 is 0 Å². The number of rotatable bonds is 4. The molecule has 2 heterocycles. The van der Waals surface area contributed by atoms with Crippen molar-refractivity contribution in [1.29, 1.82) is 0 Å². The van der Waals surface area contributed by atoms with Crippen LogP contribution >= 0.6 is 0 Å². The standard InChI is InChI=1S/C24H30N2O4/c1-30-16-23(29)25-13-20-24(21(15-27)26(20)22(28)14-25)19-11-9-18(10-12-19)8-7-17-5-3-2-4-6-17/h9-12,17,20-21,24,27H,2-6,13-16H2,1H3/t20-,21+,24-/m1/s1. The van der Waals surface area contributed by atoms with Crippen molar-refractivity contribution in [2.75, 3.05) is 33.4 Å². The minimum Gasteiger partial charge on any atom is -0.394 e. The van der Waals surface area contributed by atoms with Crippen molar-refractivity contribution in [2.24, 2.45) is 5.92 Å². The molecule has 3 aliphatic rings. The van der Waals surface area contributed by atoms with Crippen molar-refractivity contribution in [3.8, 4) is 11.8 Å². The molecule has 0 bridgehead atoms. The molecule has 3 atom stereocenters. The molecule has 2 aliphatic heterocycles. The summed E-state index contributed by atoms with van der Waals surface area (Å²) in [7, 11) is 1.47. The number of benzene rings is 1. The van der Waals surface area contributed by atoms with Gasteiger partial charge in [0.2, 0.25) is 11.8 Å². The maximum Gasteiger partial charge on any atom is 0.249 e. The number of methoxy groups -OCH3 is 1. The fourth-order valence-corrected chi connectivity index (χ4v) is 5.13. The van der Waals surface area contributed by atoms with Gasteiger partial charge in [0.15, 0.2) is 0 Å². The Kier molecular flexibility index (Phi) is 6.40. The minimum atomic E-state index is -0.235. The number of hydrogen-bond donors (Lipinski definition) is 1. The minimum absolute atomic E-state index is 0.0115. The molecule has 0 aromatic heterocycles. The molecule has 1 aromatic carbocycles. The van der Waals surface area contributed by atoms with Crippen LogP contribution in [-0.4, -0.2) is 72.2 Å². The largest absolute Gasteiger partial charge is 0.394 e. The summed E-state index contributed by atoms with van der Waals surface area (Å²) in [5.41, 5.74) is 2.07. The van der Waals surface area contributed by atoms with Gasteiger partial charge in [0, 0.05) is 31.1 Å². The molecule has 160 valence electrons. The van der Waals surface area contributed by atoms with Crippen LogP contribution in [0.25, 0.3) is 0 Å². The molecular formula is C24H30N2O4. The van der Waals surface area contributed by atoms with Gasteiger partial charge in [-0.1, -0.05) is 43.2 Å². The lowest BCUT2D eigenvalue weighted by atomic mass is 9.73. The number of fused-ring (bicyclic) bond motifs is 1. The molecule has 3 fully saturated rings. The quantitative estimate of drug-likeness (QED) is 0.768. The van der Waals surface area contributed by atoms with Gasteiger partial charge in [-0.3, -0.25) is 9.59 Å². The number of amides is 2. The predicted molar refractivity (Wildman–Crippen MR) is 113 cm³/mol. The highest BCUT2D eigenvalue weighted by molar-refractivity contribution is 5.88. The monoisotopic (exact) mass is 410 g/mol. The van der Waals surface area contributed by atoms with Crippen molar-refractivity contribution in [3.63, 3.8) is 0 Å². The van der Waals surface area contributed by atoms with Crippen LogP contribution in [0.1, 0.15) is 49.1 Å². The molecule has 1 saturated carbocycles. The van der Waals surface area contributed by atoms with E-state index in [9.17, 15) is 14.7 Å². The summed E-state index contributed by atoms with van der Waals surface area (Å²) in [5.74, 6) is 6.97. The molecule has 2 amide bonds. The molecule has 0 unspecified atom stereocenters. The highest BCUT2D eigenvalue weighted by Gasteiger charge is 2.54. The van der Waals surface area contributed by atoms with Gasteiger partial charge in [-0.25, -0.2) is 0 Å². The lowest BCUT2D eigenvalue weighted by Gasteiger charge is -2.58. The van der Waals surface area contributed by atoms with E-state index in [1.807, 2.05) is 12.1 Å². The molecule has 2 saturated heterocycles. The van der Waals surface area contributed by atoms with Gasteiger partial charge in [0.1, 0.15) is 6.61 Å². The molecule has 1 aliphatic carbocycles. The normalized spacial score (nSPS) is 26.5. The number of piperazine rings is 1. The average molecular weight is 411 g/mol. The van der Waals surface area contributed by atoms with E-state index in [1.54, 1.807) is 9.80 Å². The van der Waals surface area contributed by atoms with Crippen molar-refractivity contribution in [2.45, 2.75) is 50.1 Å². The molecule has 6 nitrogen and oxygen atoms in total. The molecule has 30 heavy (non-hydrogen) atoms. The summed E-state index contributed by atoms with van der Waals surface area (Å²) in [6, 6.07) is 7.82. The number of hydrogen-bond acceptors (Lipinski definition) is 4. The molecule has 1 N–H and O–H groups in total. The number of nitrogens with zero attached hydrogens (tertiary/aromatic N) is 2. The van der Waals surface area contributed by atoms with Crippen LogP contribution in [0, 0.1) is 17.8 Å². The third-order valence-corrected chi connectivity index (χ3v) is 6.69. The van der Waals surface area contributed by atoms with Crippen LogP contribution in [0.3, 0.4) is 0 Å². The van der Waals surface area contributed by atoms with Crippen LogP contribution in [0.2, 0.25) is 0 Å². The summed E-state index contributed by atoms with van der Waals surface area (Å²) in [4.78, 5) is 28.1. The molecule has 0 spiro atoms. The highest BCUT2D eigenvalue weighted by Crippen LogP contribution is 2.42. The topological polar surface area (TPSA) is 70.1 Å². The Morgan fingerprint density at radius 2 is 1.93 bits per heavy atom. The Hall–Kier alpha value is -2.36. The fourth-order valence-electron chi connectivity index (χ4n) is 5.13. The summed E-state index contributed by atoms with van der Waals surface area (Å²) in [5, 5.41) is 9.90. The highest BCUT2D eigenvalue weighted by atomic mass is 16.5. The molecular weight excluding hydrogens is 380 g/mol. The number of aliphatic hydroxyl groups is 1. The van der Waals surface area contributed by atoms with Crippen molar-refractivity contribution < 1.29 is 19.4 Å². The van der Waals surface area contributed by atoms with E-state index in [0.29, 0.717) is 12.5 Å². The fraction of sp³-hybridized carbons (Fsp3) is 0.583. The van der Waals surface area contributed by atoms with E-state index in [-0.39, 0.29) is 49.6 Å². The van der Waals surface area contributed by atoms with Gasteiger partial charge in [-0.05, 0) is 30.5 Å². The van der Waals surface area contributed by atoms with Crippen LogP contribution in [0.4, 0.5) is 0 Å². The summed E-state index contributed by atoms with van der Waals surface area (Å²) >= 11 is 0. The summed E-state index contributed by atoms with van der Waals surface area (Å²) < 4.78 is 4.94. The van der Waals surface area contributed by atoms with Gasteiger partial charge >= 0.3 is 0 Å². The van der Waals surface area contributed by atoms with E-state index in [4.69, 9.17) is 4.74 Å². The summed E-state index contributed by atoms with van der Waals surface area (Å²) in [6.45, 7) is 0.417. The van der Waals surface area contributed by atoms with Crippen molar-refractivity contribution >= 4 is 11.8 Å². The maximum atomic E-state index is 12.6. The van der Waals surface area contributed by atoms with Gasteiger partial charge in [-0.2, -0.15) is 0 Å². The van der Waals surface area contributed by atoms with Gasteiger partial charge in [-0.15, -0.1) is 0 Å². The first-order valence-electron chi connectivity index (χ1n) is 10.9. The molecule has 4 rings (SSSR count). The Morgan fingerprint density at radius 1 is 1.20 bits per heavy atom.